The fraction of sp³-hybridized carbons (Fsp3) is 0.556. The van der Waals surface area contributed by atoms with Crippen LogP contribution in [0.1, 0.15) is 19.3 Å². The van der Waals surface area contributed by atoms with Crippen molar-refractivity contribution in [1.29, 1.82) is 0 Å². The van der Waals surface area contributed by atoms with Gasteiger partial charge < -0.3 is 14.9 Å². The first-order valence-electron chi connectivity index (χ1n) is 4.58. The molecule has 2 atom stereocenters. The zero-order valence-corrected chi connectivity index (χ0v) is 8.21. The second kappa shape index (κ2) is 4.73. The van der Waals surface area contributed by atoms with Gasteiger partial charge in [0.1, 0.15) is 5.78 Å². The van der Waals surface area contributed by atoms with Gasteiger partial charge in [-0.25, -0.2) is 4.79 Å². The molecule has 16 heavy (non-hydrogen) atoms. The molecule has 0 amide bonds. The van der Waals surface area contributed by atoms with Gasteiger partial charge in [0.05, 0.1) is 18.8 Å². The molecule has 7 nitrogen and oxygen atoms in total. The molecule has 0 saturated carbocycles. The standard InChI is InChI=1S/C9H10O7/c10-5(1-2-6(11)12)4-3-7(13)16-8(4)9(14)15/h4,8H,1-3H2,(H,11,12)(H,14,15)/t4-,8-/m0/s1. The van der Waals surface area contributed by atoms with Gasteiger partial charge in [-0.2, -0.15) is 0 Å². The van der Waals surface area contributed by atoms with Crippen LogP contribution in [0.15, 0.2) is 0 Å². The summed E-state index contributed by atoms with van der Waals surface area (Å²) in [5.74, 6) is -4.92. The molecule has 2 N–H and O–H groups in total. The van der Waals surface area contributed by atoms with Crippen molar-refractivity contribution < 1.29 is 34.1 Å². The molecule has 0 aromatic rings. The Morgan fingerprint density at radius 1 is 1.25 bits per heavy atom. The molecule has 0 radical (unpaired) electrons. The number of ether oxygens (including phenoxy) is 1. The van der Waals surface area contributed by atoms with E-state index >= 15 is 0 Å². The Balaban J connectivity index is 2.63. The fourth-order valence-electron chi connectivity index (χ4n) is 1.48. The van der Waals surface area contributed by atoms with E-state index in [0.717, 1.165) is 0 Å². The quantitative estimate of drug-likeness (QED) is 0.607. The number of esters is 1. The molecule has 1 aliphatic rings. The topological polar surface area (TPSA) is 118 Å². The minimum Gasteiger partial charge on any atom is -0.481 e. The van der Waals surface area contributed by atoms with E-state index in [1.165, 1.54) is 0 Å². The zero-order chi connectivity index (χ0) is 12.3. The van der Waals surface area contributed by atoms with E-state index in [1.54, 1.807) is 0 Å². The highest BCUT2D eigenvalue weighted by Crippen LogP contribution is 2.24. The van der Waals surface area contributed by atoms with Crippen molar-refractivity contribution in [2.24, 2.45) is 5.92 Å². The molecule has 1 saturated heterocycles. The van der Waals surface area contributed by atoms with Crippen LogP contribution in [0.2, 0.25) is 0 Å². The van der Waals surface area contributed by atoms with Crippen LogP contribution in [-0.4, -0.2) is 40.0 Å². The Bertz CT molecular complexity index is 346. The number of cyclic esters (lactones) is 1. The number of aliphatic carboxylic acids is 2. The first-order chi connectivity index (χ1) is 7.41. The lowest BCUT2D eigenvalue weighted by Gasteiger charge is -2.11. The van der Waals surface area contributed by atoms with E-state index in [0.29, 0.717) is 0 Å². The average molecular weight is 230 g/mol. The third-order valence-corrected chi connectivity index (χ3v) is 2.25. The van der Waals surface area contributed by atoms with Crippen molar-refractivity contribution in [3.05, 3.63) is 0 Å². The number of carboxylic acid groups (broad SMARTS) is 2. The molecule has 7 heteroatoms. The minimum atomic E-state index is -1.48. The molecule has 1 rings (SSSR count). The van der Waals surface area contributed by atoms with E-state index in [1.807, 2.05) is 0 Å². The maximum absolute atomic E-state index is 11.5. The molecule has 0 spiro atoms. The molecule has 0 unspecified atom stereocenters. The summed E-state index contributed by atoms with van der Waals surface area (Å²) in [6.07, 6.45) is -2.44. The maximum atomic E-state index is 11.5. The SMILES string of the molecule is O=C(O)CCC(=O)[C@@H]1CC(=O)O[C@@H]1C(=O)O. The predicted octanol–water partition coefficient (Wildman–Crippen LogP) is -0.563. The summed E-state index contributed by atoms with van der Waals surface area (Å²) >= 11 is 0. The highest BCUT2D eigenvalue weighted by Gasteiger charge is 2.43. The van der Waals surface area contributed by atoms with Gasteiger partial charge in [-0.15, -0.1) is 0 Å². The van der Waals surface area contributed by atoms with E-state index in [2.05, 4.69) is 4.74 Å². The van der Waals surface area contributed by atoms with Crippen LogP contribution in [0.3, 0.4) is 0 Å². The molecule has 1 fully saturated rings. The van der Waals surface area contributed by atoms with Crippen molar-refractivity contribution >= 4 is 23.7 Å². The van der Waals surface area contributed by atoms with Gasteiger partial charge in [-0.3, -0.25) is 14.4 Å². The van der Waals surface area contributed by atoms with Crippen LogP contribution in [0, 0.1) is 5.92 Å². The molecular weight excluding hydrogens is 220 g/mol. The molecular formula is C9H10O7. The highest BCUT2D eigenvalue weighted by molar-refractivity contribution is 5.95. The molecule has 0 aliphatic carbocycles. The normalized spacial score (nSPS) is 23.9. The lowest BCUT2D eigenvalue weighted by Crippen LogP contribution is -2.31. The Morgan fingerprint density at radius 2 is 1.88 bits per heavy atom. The second-order valence-corrected chi connectivity index (χ2v) is 3.42. The summed E-state index contributed by atoms with van der Waals surface area (Å²) in [7, 11) is 0. The van der Waals surface area contributed by atoms with E-state index in [4.69, 9.17) is 10.2 Å². The molecule has 88 valence electrons. The number of carbonyl (C=O) groups is 4. The Labute approximate surface area is 90.0 Å². The summed E-state index contributed by atoms with van der Waals surface area (Å²) in [4.78, 5) is 43.2. The van der Waals surface area contributed by atoms with E-state index in [9.17, 15) is 19.2 Å². The van der Waals surface area contributed by atoms with E-state index < -0.39 is 35.7 Å². The highest BCUT2D eigenvalue weighted by atomic mass is 16.6. The van der Waals surface area contributed by atoms with Gasteiger partial charge in [0.15, 0.2) is 0 Å². The van der Waals surface area contributed by atoms with Crippen LogP contribution < -0.4 is 0 Å². The number of carbonyl (C=O) groups excluding carboxylic acids is 2. The van der Waals surface area contributed by atoms with Crippen molar-refractivity contribution in [2.75, 3.05) is 0 Å². The first-order valence-corrected chi connectivity index (χ1v) is 4.58. The summed E-state index contributed by atoms with van der Waals surface area (Å²) in [5.41, 5.74) is 0. The van der Waals surface area contributed by atoms with Crippen LogP contribution in [0.5, 0.6) is 0 Å². The van der Waals surface area contributed by atoms with Crippen molar-refractivity contribution in [3.63, 3.8) is 0 Å². The Morgan fingerprint density at radius 3 is 2.38 bits per heavy atom. The Kier molecular flexibility index (Phi) is 3.60. The van der Waals surface area contributed by atoms with Crippen molar-refractivity contribution in [2.45, 2.75) is 25.4 Å². The largest absolute Gasteiger partial charge is 0.481 e. The summed E-state index contributed by atoms with van der Waals surface area (Å²) in [5, 5.41) is 17.0. The number of ketones is 1. The lowest BCUT2D eigenvalue weighted by molar-refractivity contribution is -0.159. The Hall–Kier alpha value is -1.92. The van der Waals surface area contributed by atoms with Gasteiger partial charge in [0, 0.05) is 6.42 Å². The summed E-state index contributed by atoms with van der Waals surface area (Å²) < 4.78 is 4.46. The minimum absolute atomic E-state index is 0.291. The zero-order valence-electron chi connectivity index (χ0n) is 8.21. The molecule has 0 bridgehead atoms. The smallest absolute Gasteiger partial charge is 0.345 e. The summed E-state index contributed by atoms with van der Waals surface area (Å²) in [6.45, 7) is 0. The van der Waals surface area contributed by atoms with Gasteiger partial charge in [0.2, 0.25) is 6.10 Å². The van der Waals surface area contributed by atoms with Crippen LogP contribution in [-0.2, 0) is 23.9 Å². The molecule has 0 aromatic carbocycles. The predicted molar refractivity (Wildman–Crippen MR) is 47.5 cm³/mol. The number of hydrogen-bond donors (Lipinski definition) is 2. The van der Waals surface area contributed by atoms with Crippen LogP contribution in [0.4, 0.5) is 0 Å². The lowest BCUT2D eigenvalue weighted by atomic mass is 9.93. The van der Waals surface area contributed by atoms with Crippen LogP contribution >= 0.6 is 0 Å². The van der Waals surface area contributed by atoms with Gasteiger partial charge in [-0.1, -0.05) is 0 Å². The fourth-order valence-corrected chi connectivity index (χ4v) is 1.48. The number of carboxylic acids is 2. The molecule has 0 aromatic heterocycles. The average Bonchev–Trinajstić information content (AvgIpc) is 2.56. The molecule has 1 heterocycles. The summed E-state index contributed by atoms with van der Waals surface area (Å²) in [6, 6.07) is 0. The number of rotatable bonds is 5. The third kappa shape index (κ3) is 2.78. The van der Waals surface area contributed by atoms with E-state index in [-0.39, 0.29) is 19.3 Å². The van der Waals surface area contributed by atoms with Crippen molar-refractivity contribution in [3.8, 4) is 0 Å². The van der Waals surface area contributed by atoms with Gasteiger partial charge in [-0.05, 0) is 0 Å². The third-order valence-electron chi connectivity index (χ3n) is 2.25. The van der Waals surface area contributed by atoms with Crippen LogP contribution in [0.25, 0.3) is 0 Å². The molecule has 1 aliphatic heterocycles. The number of hydrogen-bond acceptors (Lipinski definition) is 5. The first kappa shape index (κ1) is 12.2. The van der Waals surface area contributed by atoms with Gasteiger partial charge in [0.25, 0.3) is 0 Å². The number of Topliss-reactive ketones (excluding diaryl/α,β-unsaturated/α-hetero) is 1. The van der Waals surface area contributed by atoms with Crippen molar-refractivity contribution in [1.82, 2.24) is 0 Å². The monoisotopic (exact) mass is 230 g/mol. The maximum Gasteiger partial charge on any atom is 0.345 e. The second-order valence-electron chi connectivity index (χ2n) is 3.42. The van der Waals surface area contributed by atoms with Gasteiger partial charge >= 0.3 is 17.9 Å².